The molecule has 0 aliphatic rings. The fourth-order valence-electron chi connectivity index (χ4n) is 3.64. The van der Waals surface area contributed by atoms with Crippen LogP contribution in [0.25, 0.3) is 0 Å². The number of H-pyrrole nitrogens is 1. The van der Waals surface area contributed by atoms with E-state index in [1.807, 2.05) is 49.4 Å². The summed E-state index contributed by atoms with van der Waals surface area (Å²) in [6.45, 7) is 4.48. The second-order valence-corrected chi connectivity index (χ2v) is 8.23. The average Bonchev–Trinajstić information content (AvgIpc) is 3.26. The van der Waals surface area contributed by atoms with E-state index in [1.54, 1.807) is 6.07 Å². The van der Waals surface area contributed by atoms with Crippen LogP contribution in [0.4, 0.5) is 0 Å². The third-order valence-corrected chi connectivity index (χ3v) is 6.25. The molecule has 164 valence electrons. The standard InChI is InChI=1S/C23H25Cl2N3O3/c1-3-16(17-10-7-11-19(24)20(17)25)12-18(21-26-22(23(29)30)28-27-21)14(2)31-13-15-8-5-4-6-9-15/h4-11,14,16,18H,3,12-13H2,1-2H3,(H,29,30)(H,26,27,28)/t14-,16?,18-/m0/s1. The van der Waals surface area contributed by atoms with Gasteiger partial charge in [0.05, 0.1) is 22.8 Å². The van der Waals surface area contributed by atoms with Gasteiger partial charge >= 0.3 is 5.97 Å². The van der Waals surface area contributed by atoms with Crippen molar-refractivity contribution in [3.8, 4) is 0 Å². The molecule has 0 aliphatic carbocycles. The van der Waals surface area contributed by atoms with Gasteiger partial charge in [-0.05, 0) is 42.9 Å². The third-order valence-electron chi connectivity index (χ3n) is 5.42. The summed E-state index contributed by atoms with van der Waals surface area (Å²) >= 11 is 12.7. The molecule has 1 unspecified atom stereocenters. The van der Waals surface area contributed by atoms with Gasteiger partial charge in [0.2, 0.25) is 0 Å². The summed E-state index contributed by atoms with van der Waals surface area (Å²) in [7, 11) is 0. The number of nitrogens with zero attached hydrogens (tertiary/aromatic N) is 2. The van der Waals surface area contributed by atoms with E-state index in [2.05, 4.69) is 22.1 Å². The maximum atomic E-state index is 11.3. The first kappa shape index (κ1) is 23.3. The van der Waals surface area contributed by atoms with Crippen molar-refractivity contribution < 1.29 is 14.6 Å². The number of halogens is 2. The molecule has 2 aromatic carbocycles. The van der Waals surface area contributed by atoms with Crippen LogP contribution in [0.15, 0.2) is 48.5 Å². The zero-order valence-electron chi connectivity index (χ0n) is 17.4. The molecular weight excluding hydrogens is 437 g/mol. The second-order valence-electron chi connectivity index (χ2n) is 7.44. The Morgan fingerprint density at radius 2 is 1.90 bits per heavy atom. The van der Waals surface area contributed by atoms with Crippen LogP contribution in [0.3, 0.4) is 0 Å². The summed E-state index contributed by atoms with van der Waals surface area (Å²) in [5.74, 6) is -1.09. The topological polar surface area (TPSA) is 88.1 Å². The number of carbonyl (C=O) groups is 1. The molecule has 0 saturated carbocycles. The molecule has 0 spiro atoms. The zero-order valence-corrected chi connectivity index (χ0v) is 18.9. The van der Waals surface area contributed by atoms with Gasteiger partial charge in [0.1, 0.15) is 5.82 Å². The van der Waals surface area contributed by atoms with E-state index in [-0.39, 0.29) is 23.8 Å². The summed E-state index contributed by atoms with van der Waals surface area (Å²) in [6, 6.07) is 15.5. The van der Waals surface area contributed by atoms with Crippen molar-refractivity contribution in [3.05, 3.63) is 81.4 Å². The number of carboxylic acids is 1. The highest BCUT2D eigenvalue weighted by molar-refractivity contribution is 6.42. The fraction of sp³-hybridized carbons (Fsp3) is 0.348. The van der Waals surface area contributed by atoms with Crippen molar-refractivity contribution in [1.29, 1.82) is 0 Å². The van der Waals surface area contributed by atoms with Crippen LogP contribution in [-0.4, -0.2) is 32.4 Å². The third kappa shape index (κ3) is 5.85. The number of aromatic carboxylic acids is 1. The van der Waals surface area contributed by atoms with Gasteiger partial charge in [0.25, 0.3) is 5.82 Å². The maximum Gasteiger partial charge on any atom is 0.375 e. The Bertz CT molecular complexity index is 1010. The SMILES string of the molecule is CCC(C[C@H](c1nc(C(=O)O)n[nH]1)[C@H](C)OCc1ccccc1)c1cccc(Cl)c1Cl. The number of aromatic amines is 1. The molecule has 0 amide bonds. The van der Waals surface area contributed by atoms with E-state index >= 15 is 0 Å². The molecule has 3 aromatic rings. The lowest BCUT2D eigenvalue weighted by Gasteiger charge is -2.27. The quantitative estimate of drug-likeness (QED) is 0.381. The number of benzene rings is 2. The first-order chi connectivity index (χ1) is 14.9. The molecular formula is C23H25Cl2N3O3. The maximum absolute atomic E-state index is 11.3. The van der Waals surface area contributed by atoms with Crippen molar-refractivity contribution in [1.82, 2.24) is 15.2 Å². The van der Waals surface area contributed by atoms with E-state index in [9.17, 15) is 9.90 Å². The predicted molar refractivity (Wildman–Crippen MR) is 121 cm³/mol. The molecule has 31 heavy (non-hydrogen) atoms. The van der Waals surface area contributed by atoms with Crippen molar-refractivity contribution in [2.75, 3.05) is 0 Å². The largest absolute Gasteiger partial charge is 0.475 e. The molecule has 8 heteroatoms. The molecule has 1 aromatic heterocycles. The molecule has 6 nitrogen and oxygen atoms in total. The van der Waals surface area contributed by atoms with Crippen LogP contribution in [0.2, 0.25) is 10.0 Å². The van der Waals surface area contributed by atoms with Crippen LogP contribution in [0.1, 0.15) is 66.1 Å². The van der Waals surface area contributed by atoms with Gasteiger partial charge in [-0.1, -0.05) is 72.6 Å². The fourth-order valence-corrected chi connectivity index (χ4v) is 4.10. The number of hydrogen-bond donors (Lipinski definition) is 2. The molecule has 0 aliphatic heterocycles. The minimum Gasteiger partial charge on any atom is -0.475 e. The van der Waals surface area contributed by atoms with Crippen molar-refractivity contribution in [3.63, 3.8) is 0 Å². The lowest BCUT2D eigenvalue weighted by atomic mass is 9.84. The van der Waals surface area contributed by atoms with Gasteiger partial charge in [-0.15, -0.1) is 5.10 Å². The van der Waals surface area contributed by atoms with Gasteiger partial charge < -0.3 is 9.84 Å². The second kappa shape index (κ2) is 10.8. The zero-order chi connectivity index (χ0) is 22.4. The van der Waals surface area contributed by atoms with Crippen molar-refractivity contribution in [2.24, 2.45) is 0 Å². The van der Waals surface area contributed by atoms with E-state index in [4.69, 9.17) is 27.9 Å². The summed E-state index contributed by atoms with van der Waals surface area (Å²) in [5, 5.41) is 16.9. The minimum atomic E-state index is -1.18. The Hall–Kier alpha value is -2.41. The normalized spacial score (nSPS) is 14.2. The minimum absolute atomic E-state index is 0.0809. The molecule has 0 radical (unpaired) electrons. The monoisotopic (exact) mass is 461 g/mol. The van der Waals surface area contributed by atoms with Crippen LogP contribution in [0, 0.1) is 0 Å². The van der Waals surface area contributed by atoms with Gasteiger partial charge in [-0.2, -0.15) is 0 Å². The highest BCUT2D eigenvalue weighted by Crippen LogP contribution is 2.39. The predicted octanol–water partition coefficient (Wildman–Crippen LogP) is 6.08. The molecule has 0 fully saturated rings. The summed E-state index contributed by atoms with van der Waals surface area (Å²) in [6.07, 6.45) is 1.21. The van der Waals surface area contributed by atoms with Crippen LogP contribution < -0.4 is 0 Å². The average molecular weight is 462 g/mol. The lowest BCUT2D eigenvalue weighted by molar-refractivity contribution is 0.0288. The highest BCUT2D eigenvalue weighted by atomic mass is 35.5. The highest BCUT2D eigenvalue weighted by Gasteiger charge is 2.29. The summed E-state index contributed by atoms with van der Waals surface area (Å²) in [4.78, 5) is 15.5. The molecule has 1 heterocycles. The van der Waals surface area contributed by atoms with E-state index in [0.29, 0.717) is 28.9 Å². The lowest BCUT2D eigenvalue weighted by Crippen LogP contribution is -2.23. The number of aromatic nitrogens is 3. The Morgan fingerprint density at radius 3 is 2.55 bits per heavy atom. The Morgan fingerprint density at radius 1 is 1.16 bits per heavy atom. The summed E-state index contributed by atoms with van der Waals surface area (Å²) in [5.41, 5.74) is 2.01. The Balaban J connectivity index is 1.86. The molecule has 3 rings (SSSR count). The van der Waals surface area contributed by atoms with E-state index < -0.39 is 5.97 Å². The molecule has 0 saturated heterocycles. The number of hydrogen-bond acceptors (Lipinski definition) is 4. The van der Waals surface area contributed by atoms with E-state index in [0.717, 1.165) is 17.5 Å². The molecule has 0 bridgehead atoms. The number of ether oxygens (including phenoxy) is 1. The van der Waals surface area contributed by atoms with E-state index in [1.165, 1.54) is 0 Å². The number of carboxylic acid groups (broad SMARTS) is 1. The van der Waals surface area contributed by atoms with Gasteiger partial charge in [0, 0.05) is 5.92 Å². The first-order valence-electron chi connectivity index (χ1n) is 10.2. The van der Waals surface area contributed by atoms with Gasteiger partial charge in [-0.25, -0.2) is 9.78 Å². The van der Waals surface area contributed by atoms with Crippen molar-refractivity contribution >= 4 is 29.2 Å². The Kier molecular flexibility index (Phi) is 8.07. The Labute approximate surface area is 191 Å². The van der Waals surface area contributed by atoms with Gasteiger partial charge in [0.15, 0.2) is 0 Å². The summed E-state index contributed by atoms with van der Waals surface area (Å²) < 4.78 is 6.16. The van der Waals surface area contributed by atoms with Crippen LogP contribution >= 0.6 is 23.2 Å². The molecule has 2 N–H and O–H groups in total. The van der Waals surface area contributed by atoms with Gasteiger partial charge in [-0.3, -0.25) is 5.10 Å². The number of rotatable bonds is 10. The first-order valence-corrected chi connectivity index (χ1v) is 10.9. The smallest absolute Gasteiger partial charge is 0.375 e. The van der Waals surface area contributed by atoms with Crippen LogP contribution in [0.5, 0.6) is 0 Å². The van der Waals surface area contributed by atoms with Crippen LogP contribution in [-0.2, 0) is 11.3 Å². The molecule has 3 atom stereocenters. The number of nitrogens with one attached hydrogen (secondary N) is 1. The van der Waals surface area contributed by atoms with Crippen molar-refractivity contribution in [2.45, 2.75) is 51.2 Å².